The van der Waals surface area contributed by atoms with Gasteiger partial charge in [-0.05, 0) is 32.4 Å². The van der Waals surface area contributed by atoms with E-state index in [2.05, 4.69) is 37.3 Å². The monoisotopic (exact) mass is 237 g/mol. The molecule has 1 unspecified atom stereocenters. The maximum atomic E-state index is 4.41. The predicted molar refractivity (Wildman–Crippen MR) is 73.3 cm³/mol. The molecule has 1 N–H and O–H groups in total. The van der Waals surface area contributed by atoms with Crippen LogP contribution in [0, 0.1) is 6.92 Å². The van der Waals surface area contributed by atoms with E-state index < -0.39 is 0 Å². The topological polar surface area (TPSA) is 29.9 Å². The molecular weight excluding hydrogens is 210 g/mol. The van der Waals surface area contributed by atoms with Gasteiger partial charge in [0.1, 0.15) is 0 Å². The van der Waals surface area contributed by atoms with Gasteiger partial charge in [0.05, 0.1) is 5.69 Å². The number of hydrogen-bond donors (Lipinski definition) is 1. The van der Waals surface area contributed by atoms with E-state index in [4.69, 9.17) is 0 Å². The fraction of sp³-hybridized carbons (Fsp3) is 0.786. The van der Waals surface area contributed by atoms with Crippen molar-refractivity contribution in [3.8, 4) is 0 Å². The van der Waals surface area contributed by atoms with Gasteiger partial charge in [0, 0.05) is 25.2 Å². The van der Waals surface area contributed by atoms with Crippen molar-refractivity contribution in [2.24, 2.45) is 7.05 Å². The molecule has 1 heterocycles. The Labute approximate surface area is 106 Å². The van der Waals surface area contributed by atoms with Crippen molar-refractivity contribution < 1.29 is 0 Å². The summed E-state index contributed by atoms with van der Waals surface area (Å²) in [6, 6.07) is 2.80. The minimum Gasteiger partial charge on any atom is -0.314 e. The number of nitrogens with one attached hydrogen (secondary N) is 1. The molecular formula is C14H27N3. The summed E-state index contributed by atoms with van der Waals surface area (Å²) >= 11 is 0. The molecule has 0 fully saturated rings. The van der Waals surface area contributed by atoms with Crippen LogP contribution < -0.4 is 5.32 Å². The smallest absolute Gasteiger partial charge is 0.0596 e. The summed E-state index contributed by atoms with van der Waals surface area (Å²) < 4.78 is 2.02. The van der Waals surface area contributed by atoms with Gasteiger partial charge < -0.3 is 5.32 Å². The van der Waals surface area contributed by atoms with Crippen LogP contribution in [-0.4, -0.2) is 22.4 Å². The second-order valence-corrected chi connectivity index (χ2v) is 4.90. The Bertz CT molecular complexity index is 309. The first kappa shape index (κ1) is 14.2. The number of aryl methyl sites for hydroxylation is 2. The zero-order valence-corrected chi connectivity index (χ0v) is 11.8. The van der Waals surface area contributed by atoms with E-state index in [0.29, 0.717) is 6.04 Å². The normalized spacial score (nSPS) is 12.9. The highest BCUT2D eigenvalue weighted by Crippen LogP contribution is 2.10. The van der Waals surface area contributed by atoms with Crippen LogP contribution in [0.15, 0.2) is 6.07 Å². The molecule has 0 saturated heterocycles. The van der Waals surface area contributed by atoms with Crippen LogP contribution in [0.2, 0.25) is 0 Å². The van der Waals surface area contributed by atoms with E-state index in [1.54, 1.807) is 0 Å². The first-order valence-corrected chi connectivity index (χ1v) is 6.90. The summed E-state index contributed by atoms with van der Waals surface area (Å²) in [5.41, 5.74) is 2.46. The van der Waals surface area contributed by atoms with Crippen molar-refractivity contribution in [1.29, 1.82) is 0 Å². The van der Waals surface area contributed by atoms with E-state index >= 15 is 0 Å². The van der Waals surface area contributed by atoms with Crippen LogP contribution in [0.1, 0.15) is 50.9 Å². The largest absolute Gasteiger partial charge is 0.314 e. The molecule has 0 radical (unpaired) electrons. The molecule has 1 rings (SSSR count). The van der Waals surface area contributed by atoms with Crippen molar-refractivity contribution in [3.63, 3.8) is 0 Å². The minimum atomic E-state index is 0.602. The number of hydrogen-bond acceptors (Lipinski definition) is 2. The Morgan fingerprint density at radius 3 is 2.65 bits per heavy atom. The van der Waals surface area contributed by atoms with E-state index in [-0.39, 0.29) is 0 Å². The molecule has 0 spiro atoms. The van der Waals surface area contributed by atoms with Crippen LogP contribution in [-0.2, 0) is 13.5 Å². The minimum absolute atomic E-state index is 0.602. The molecule has 0 aromatic carbocycles. The maximum absolute atomic E-state index is 4.41. The average molecular weight is 237 g/mol. The van der Waals surface area contributed by atoms with Gasteiger partial charge >= 0.3 is 0 Å². The van der Waals surface area contributed by atoms with Gasteiger partial charge in [0.15, 0.2) is 0 Å². The molecule has 1 aromatic heterocycles. The summed E-state index contributed by atoms with van der Waals surface area (Å²) in [6.07, 6.45) is 6.14. The highest BCUT2D eigenvalue weighted by atomic mass is 15.3. The van der Waals surface area contributed by atoms with E-state index in [0.717, 1.165) is 18.7 Å². The van der Waals surface area contributed by atoms with E-state index in [1.165, 1.54) is 31.4 Å². The lowest BCUT2D eigenvalue weighted by Gasteiger charge is -2.18. The summed E-state index contributed by atoms with van der Waals surface area (Å²) in [6.45, 7) is 7.65. The summed E-state index contributed by atoms with van der Waals surface area (Å²) in [5.74, 6) is 0. The SMILES string of the molecule is CCCCC(Cc1cc(C)nn1C)NCCC. The fourth-order valence-corrected chi connectivity index (χ4v) is 2.18. The molecule has 0 aliphatic heterocycles. The quantitative estimate of drug-likeness (QED) is 0.753. The van der Waals surface area contributed by atoms with Gasteiger partial charge in [-0.25, -0.2) is 0 Å². The standard InChI is InChI=1S/C14H27N3/c1-5-7-8-13(15-9-6-2)11-14-10-12(3)16-17(14)4/h10,13,15H,5-9,11H2,1-4H3. The zero-order chi connectivity index (χ0) is 12.7. The van der Waals surface area contributed by atoms with Crippen LogP contribution in [0.3, 0.4) is 0 Å². The Hall–Kier alpha value is -0.830. The molecule has 3 heteroatoms. The van der Waals surface area contributed by atoms with Crippen molar-refractivity contribution in [3.05, 3.63) is 17.5 Å². The molecule has 0 saturated carbocycles. The van der Waals surface area contributed by atoms with Gasteiger partial charge in [-0.15, -0.1) is 0 Å². The summed E-state index contributed by atoms with van der Waals surface area (Å²) in [7, 11) is 2.04. The number of aromatic nitrogens is 2. The molecule has 0 aliphatic carbocycles. The number of nitrogens with zero attached hydrogens (tertiary/aromatic N) is 2. The second-order valence-electron chi connectivity index (χ2n) is 4.90. The zero-order valence-electron chi connectivity index (χ0n) is 11.8. The third kappa shape index (κ3) is 4.90. The second kappa shape index (κ2) is 7.49. The predicted octanol–water partition coefficient (Wildman–Crippen LogP) is 2.83. The fourth-order valence-electron chi connectivity index (χ4n) is 2.18. The van der Waals surface area contributed by atoms with Gasteiger partial charge in [0.25, 0.3) is 0 Å². The average Bonchev–Trinajstić information content (AvgIpc) is 2.61. The first-order chi connectivity index (χ1) is 8.17. The first-order valence-electron chi connectivity index (χ1n) is 6.90. The lowest BCUT2D eigenvalue weighted by atomic mass is 10.0. The summed E-state index contributed by atoms with van der Waals surface area (Å²) in [4.78, 5) is 0. The van der Waals surface area contributed by atoms with Gasteiger partial charge in [-0.2, -0.15) is 5.10 Å². The van der Waals surface area contributed by atoms with Crippen LogP contribution in [0.25, 0.3) is 0 Å². The van der Waals surface area contributed by atoms with E-state index in [9.17, 15) is 0 Å². The maximum Gasteiger partial charge on any atom is 0.0596 e. The Morgan fingerprint density at radius 1 is 1.35 bits per heavy atom. The third-order valence-electron chi connectivity index (χ3n) is 3.14. The summed E-state index contributed by atoms with van der Waals surface area (Å²) in [5, 5.41) is 8.06. The van der Waals surface area contributed by atoms with Crippen LogP contribution in [0.5, 0.6) is 0 Å². The lowest BCUT2D eigenvalue weighted by Crippen LogP contribution is -2.32. The van der Waals surface area contributed by atoms with Gasteiger partial charge in [-0.1, -0.05) is 26.7 Å². The van der Waals surface area contributed by atoms with Crippen LogP contribution in [0.4, 0.5) is 0 Å². The van der Waals surface area contributed by atoms with Crippen molar-refractivity contribution in [1.82, 2.24) is 15.1 Å². The molecule has 0 bridgehead atoms. The molecule has 17 heavy (non-hydrogen) atoms. The number of unbranched alkanes of at least 4 members (excludes halogenated alkanes) is 1. The molecule has 1 aromatic rings. The highest BCUT2D eigenvalue weighted by molar-refractivity contribution is 5.10. The Kier molecular flexibility index (Phi) is 6.27. The molecule has 3 nitrogen and oxygen atoms in total. The molecule has 0 amide bonds. The van der Waals surface area contributed by atoms with Crippen molar-refractivity contribution in [2.45, 2.75) is 58.9 Å². The van der Waals surface area contributed by atoms with Crippen LogP contribution >= 0.6 is 0 Å². The molecule has 98 valence electrons. The van der Waals surface area contributed by atoms with Gasteiger partial charge in [0.2, 0.25) is 0 Å². The number of rotatable bonds is 8. The van der Waals surface area contributed by atoms with Crippen molar-refractivity contribution >= 4 is 0 Å². The van der Waals surface area contributed by atoms with E-state index in [1.807, 2.05) is 11.7 Å². The highest BCUT2D eigenvalue weighted by Gasteiger charge is 2.11. The lowest BCUT2D eigenvalue weighted by molar-refractivity contribution is 0.451. The van der Waals surface area contributed by atoms with Gasteiger partial charge in [-0.3, -0.25) is 4.68 Å². The Balaban J connectivity index is 2.54. The molecule has 0 aliphatic rings. The Morgan fingerprint density at radius 2 is 2.12 bits per heavy atom. The third-order valence-corrected chi connectivity index (χ3v) is 3.14. The molecule has 1 atom stereocenters. The van der Waals surface area contributed by atoms with Crippen molar-refractivity contribution in [2.75, 3.05) is 6.54 Å².